The average Bonchev–Trinajstić information content (AvgIpc) is 2.12. The van der Waals surface area contributed by atoms with Crippen LogP contribution >= 0.6 is 0 Å². The summed E-state index contributed by atoms with van der Waals surface area (Å²) in [5.41, 5.74) is 0. The molecule has 6 heteroatoms. The van der Waals surface area contributed by atoms with Gasteiger partial charge in [-0.25, -0.2) is 0 Å². The van der Waals surface area contributed by atoms with E-state index < -0.39 is 26.4 Å². The maximum Gasteiger partial charge on any atom is 0.304 e. The molecule has 1 heterocycles. The first-order chi connectivity index (χ1) is 8.45. The van der Waals surface area contributed by atoms with E-state index in [0.717, 1.165) is 0 Å². The van der Waals surface area contributed by atoms with Crippen LogP contribution in [0.15, 0.2) is 0 Å². The van der Waals surface area contributed by atoms with Gasteiger partial charge in [0.1, 0.15) is 5.92 Å². The van der Waals surface area contributed by atoms with Gasteiger partial charge in [-0.3, -0.25) is 9.59 Å². The minimum absolute atomic E-state index is 0.0818. The highest BCUT2D eigenvalue weighted by Crippen LogP contribution is 2.39. The largest absolute Gasteiger partial charge is 0.441 e. The standard InChI is InChI=1S/C13H25NO4Si/c1-8(18-19(6,7)13(3,4)5)10-11(16)14-12(10)17-9(2)15/h8,10,12H,1-7H3,(H,14,16)/t8-,10?,12-/m1/s1. The second-order valence-corrected chi connectivity index (χ2v) is 11.4. The molecule has 0 aromatic heterocycles. The first-order valence-corrected chi connectivity index (χ1v) is 9.52. The van der Waals surface area contributed by atoms with Crippen LogP contribution in [-0.2, 0) is 18.8 Å². The van der Waals surface area contributed by atoms with Crippen LogP contribution in [0.4, 0.5) is 0 Å². The van der Waals surface area contributed by atoms with Crippen molar-refractivity contribution in [2.75, 3.05) is 0 Å². The Morgan fingerprint density at radius 2 is 1.89 bits per heavy atom. The Bertz CT molecular complexity index is 375. The molecule has 0 radical (unpaired) electrons. The SMILES string of the molecule is CC(=O)O[C@H]1NC(=O)C1[C@@H](C)O[Si](C)(C)C(C)(C)C. The van der Waals surface area contributed by atoms with E-state index in [1.165, 1.54) is 6.92 Å². The van der Waals surface area contributed by atoms with E-state index in [0.29, 0.717) is 0 Å². The second kappa shape index (κ2) is 5.24. The third-order valence-electron chi connectivity index (χ3n) is 4.00. The third-order valence-corrected chi connectivity index (χ3v) is 8.57. The molecule has 0 aromatic rings. The van der Waals surface area contributed by atoms with Crippen LogP contribution in [0.5, 0.6) is 0 Å². The number of amides is 1. The van der Waals surface area contributed by atoms with E-state index in [1.807, 2.05) is 6.92 Å². The fourth-order valence-corrected chi connectivity index (χ4v) is 3.25. The van der Waals surface area contributed by atoms with Gasteiger partial charge in [0, 0.05) is 6.92 Å². The second-order valence-electron chi connectivity index (χ2n) is 6.65. The van der Waals surface area contributed by atoms with Crippen molar-refractivity contribution in [2.24, 2.45) is 5.92 Å². The van der Waals surface area contributed by atoms with Crippen molar-refractivity contribution in [1.82, 2.24) is 5.32 Å². The summed E-state index contributed by atoms with van der Waals surface area (Å²) in [6, 6.07) is 0. The lowest BCUT2D eigenvalue weighted by Crippen LogP contribution is -2.65. The molecule has 1 aliphatic heterocycles. The molecule has 1 amide bonds. The number of β-lactam (4-membered cyclic amide) rings is 1. The summed E-state index contributed by atoms with van der Waals surface area (Å²) < 4.78 is 11.2. The lowest BCUT2D eigenvalue weighted by molar-refractivity contribution is -0.173. The zero-order valence-corrected chi connectivity index (χ0v) is 13.9. The first-order valence-electron chi connectivity index (χ1n) is 6.61. The van der Waals surface area contributed by atoms with Gasteiger partial charge in [0.2, 0.25) is 5.91 Å². The number of carbonyl (C=O) groups is 2. The molecular formula is C13H25NO4Si. The van der Waals surface area contributed by atoms with E-state index in [9.17, 15) is 9.59 Å². The molecular weight excluding hydrogens is 262 g/mol. The summed E-state index contributed by atoms with van der Waals surface area (Å²) in [6.07, 6.45) is -0.802. The molecule has 1 rings (SSSR count). The van der Waals surface area contributed by atoms with Crippen LogP contribution < -0.4 is 5.32 Å². The van der Waals surface area contributed by atoms with Crippen LogP contribution in [0, 0.1) is 5.92 Å². The van der Waals surface area contributed by atoms with Gasteiger partial charge in [0.05, 0.1) is 6.10 Å². The smallest absolute Gasteiger partial charge is 0.304 e. The lowest BCUT2D eigenvalue weighted by atomic mass is 9.93. The Morgan fingerprint density at radius 3 is 2.26 bits per heavy atom. The molecule has 1 fully saturated rings. The van der Waals surface area contributed by atoms with E-state index in [2.05, 4.69) is 39.2 Å². The number of hydrogen-bond acceptors (Lipinski definition) is 4. The number of esters is 1. The Labute approximate surface area is 116 Å². The molecule has 0 aliphatic carbocycles. The zero-order chi connectivity index (χ0) is 15.0. The highest BCUT2D eigenvalue weighted by molar-refractivity contribution is 6.74. The molecule has 1 N–H and O–H groups in total. The van der Waals surface area contributed by atoms with Crippen LogP contribution in [-0.4, -0.2) is 32.5 Å². The molecule has 0 spiro atoms. The molecule has 1 aliphatic rings. The topological polar surface area (TPSA) is 64.6 Å². The van der Waals surface area contributed by atoms with Gasteiger partial charge in [0.15, 0.2) is 14.5 Å². The van der Waals surface area contributed by atoms with E-state index >= 15 is 0 Å². The predicted octanol–water partition coefficient (Wildman–Crippen LogP) is 2.03. The zero-order valence-electron chi connectivity index (χ0n) is 12.9. The minimum Gasteiger partial charge on any atom is -0.441 e. The molecule has 0 aromatic carbocycles. The fourth-order valence-electron chi connectivity index (χ4n) is 1.82. The predicted molar refractivity (Wildman–Crippen MR) is 74.9 cm³/mol. The third kappa shape index (κ3) is 3.57. The van der Waals surface area contributed by atoms with Crippen LogP contribution in [0.25, 0.3) is 0 Å². The van der Waals surface area contributed by atoms with Crippen LogP contribution in [0.2, 0.25) is 18.1 Å². The van der Waals surface area contributed by atoms with Crippen molar-refractivity contribution in [2.45, 2.75) is 65.1 Å². The highest BCUT2D eigenvalue weighted by atomic mass is 28.4. The van der Waals surface area contributed by atoms with E-state index in [4.69, 9.17) is 9.16 Å². The number of rotatable bonds is 4. The molecule has 19 heavy (non-hydrogen) atoms. The van der Waals surface area contributed by atoms with Crippen molar-refractivity contribution >= 4 is 20.2 Å². The summed E-state index contributed by atoms with van der Waals surface area (Å²) in [5.74, 6) is -0.912. The van der Waals surface area contributed by atoms with Gasteiger partial charge < -0.3 is 14.5 Å². The molecule has 1 unspecified atom stereocenters. The maximum atomic E-state index is 11.6. The van der Waals surface area contributed by atoms with Gasteiger partial charge in [0.25, 0.3) is 0 Å². The maximum absolute atomic E-state index is 11.6. The van der Waals surface area contributed by atoms with Crippen LogP contribution in [0.3, 0.4) is 0 Å². The van der Waals surface area contributed by atoms with Crippen molar-refractivity contribution < 1.29 is 18.8 Å². The summed E-state index contributed by atoms with van der Waals surface area (Å²) in [6.45, 7) is 13.9. The number of nitrogens with one attached hydrogen (secondary N) is 1. The number of hydrogen-bond donors (Lipinski definition) is 1. The lowest BCUT2D eigenvalue weighted by Gasteiger charge is -2.44. The molecule has 110 valence electrons. The van der Waals surface area contributed by atoms with Gasteiger partial charge in [-0.2, -0.15) is 0 Å². The Balaban J connectivity index is 2.69. The van der Waals surface area contributed by atoms with Crippen LogP contribution in [0.1, 0.15) is 34.6 Å². The first kappa shape index (κ1) is 16.2. The molecule has 5 nitrogen and oxygen atoms in total. The van der Waals surface area contributed by atoms with Crippen molar-refractivity contribution in [3.63, 3.8) is 0 Å². The average molecular weight is 287 g/mol. The quantitative estimate of drug-likeness (QED) is 0.488. The number of carbonyl (C=O) groups excluding carboxylic acids is 2. The number of ether oxygens (including phenoxy) is 1. The van der Waals surface area contributed by atoms with Crippen molar-refractivity contribution in [1.29, 1.82) is 0 Å². The molecule has 1 saturated heterocycles. The highest BCUT2D eigenvalue weighted by Gasteiger charge is 2.49. The molecule has 0 saturated carbocycles. The van der Waals surface area contributed by atoms with E-state index in [1.54, 1.807) is 0 Å². The summed E-state index contributed by atoms with van der Waals surface area (Å²) >= 11 is 0. The van der Waals surface area contributed by atoms with Gasteiger partial charge in [-0.15, -0.1) is 0 Å². The normalized spacial score (nSPS) is 25.3. The van der Waals surface area contributed by atoms with Gasteiger partial charge >= 0.3 is 5.97 Å². The van der Waals surface area contributed by atoms with Crippen molar-refractivity contribution in [3.8, 4) is 0 Å². The van der Waals surface area contributed by atoms with Gasteiger partial charge in [-0.1, -0.05) is 20.8 Å². The van der Waals surface area contributed by atoms with Gasteiger partial charge in [-0.05, 0) is 25.1 Å². The van der Waals surface area contributed by atoms with E-state index in [-0.39, 0.29) is 17.0 Å². The summed E-state index contributed by atoms with van der Waals surface area (Å²) in [7, 11) is -1.93. The Hall–Kier alpha value is -0.883. The van der Waals surface area contributed by atoms with Crippen molar-refractivity contribution in [3.05, 3.63) is 0 Å². The Kier molecular flexibility index (Phi) is 4.46. The fraction of sp³-hybridized carbons (Fsp3) is 0.846. The summed E-state index contributed by atoms with van der Waals surface area (Å²) in [5, 5.41) is 2.66. The minimum atomic E-state index is -1.93. The Morgan fingerprint density at radius 1 is 1.37 bits per heavy atom. The molecule has 3 atom stereocenters. The summed E-state index contributed by atoms with van der Waals surface area (Å²) in [4.78, 5) is 22.6. The monoisotopic (exact) mass is 287 g/mol. The molecule has 0 bridgehead atoms.